The fraction of sp³-hybridized carbons (Fsp3) is 0.308. The summed E-state index contributed by atoms with van der Waals surface area (Å²) < 4.78 is 0. The van der Waals surface area contributed by atoms with Crippen molar-refractivity contribution >= 4 is 22.7 Å². The first kappa shape index (κ1) is 10.6. The van der Waals surface area contributed by atoms with Crippen LogP contribution in [0.25, 0.3) is 0 Å². The van der Waals surface area contributed by atoms with Crippen molar-refractivity contribution in [2.24, 2.45) is 0 Å². The van der Waals surface area contributed by atoms with E-state index in [0.29, 0.717) is 0 Å². The summed E-state index contributed by atoms with van der Waals surface area (Å²) in [5.74, 6) is 0. The summed E-state index contributed by atoms with van der Waals surface area (Å²) in [7, 11) is 0. The van der Waals surface area contributed by atoms with Gasteiger partial charge in [0.05, 0.1) is 6.54 Å². The van der Waals surface area contributed by atoms with Crippen LogP contribution in [0.5, 0.6) is 0 Å². The first-order chi connectivity index (χ1) is 8.22. The Morgan fingerprint density at radius 1 is 1.47 bits per heavy atom. The van der Waals surface area contributed by atoms with Crippen LogP contribution in [0, 0.1) is 6.92 Å². The van der Waals surface area contributed by atoms with Crippen LogP contribution in [0.4, 0.5) is 11.4 Å². The lowest BCUT2D eigenvalue weighted by atomic mass is 10.1. The molecule has 1 aliphatic heterocycles. The second-order valence-corrected chi connectivity index (χ2v) is 5.38. The minimum Gasteiger partial charge on any atom is -0.399 e. The second kappa shape index (κ2) is 4.04. The molecule has 3 rings (SSSR count). The number of aryl methyl sites for hydroxylation is 1. The van der Waals surface area contributed by atoms with Crippen LogP contribution >= 0.6 is 11.3 Å². The van der Waals surface area contributed by atoms with Crippen LogP contribution in [0.3, 0.4) is 0 Å². The van der Waals surface area contributed by atoms with Crippen LogP contribution in [0.1, 0.15) is 16.3 Å². The zero-order valence-electron chi connectivity index (χ0n) is 9.81. The zero-order valence-corrected chi connectivity index (χ0v) is 10.6. The molecule has 0 saturated heterocycles. The number of hydrogen-bond donors (Lipinski definition) is 1. The highest BCUT2D eigenvalue weighted by Gasteiger charge is 2.19. The van der Waals surface area contributed by atoms with E-state index >= 15 is 0 Å². The summed E-state index contributed by atoms with van der Waals surface area (Å²) in [4.78, 5) is 6.90. The predicted octanol–water partition coefficient (Wildman–Crippen LogP) is 2.60. The van der Waals surface area contributed by atoms with Crippen molar-refractivity contribution in [3.63, 3.8) is 0 Å². The molecule has 17 heavy (non-hydrogen) atoms. The molecule has 2 heterocycles. The molecular formula is C13H15N3S. The molecule has 0 spiro atoms. The smallest absolute Gasteiger partial charge is 0.112 e. The number of hydrogen-bond acceptors (Lipinski definition) is 4. The maximum Gasteiger partial charge on any atom is 0.112 e. The Labute approximate surface area is 105 Å². The normalized spacial score (nSPS) is 14.1. The molecule has 0 aliphatic carbocycles. The quantitative estimate of drug-likeness (QED) is 0.827. The summed E-state index contributed by atoms with van der Waals surface area (Å²) in [5.41, 5.74) is 10.4. The first-order valence-corrected chi connectivity index (χ1v) is 6.65. The molecule has 4 heteroatoms. The second-order valence-electron chi connectivity index (χ2n) is 4.44. The molecule has 2 aromatic rings. The number of aromatic nitrogens is 1. The lowest BCUT2D eigenvalue weighted by molar-refractivity contribution is 0.827. The number of anilines is 2. The number of benzene rings is 1. The molecule has 3 nitrogen and oxygen atoms in total. The van der Waals surface area contributed by atoms with Gasteiger partial charge in [0.15, 0.2) is 0 Å². The van der Waals surface area contributed by atoms with Gasteiger partial charge in [-0.05, 0) is 37.1 Å². The highest BCUT2D eigenvalue weighted by molar-refractivity contribution is 7.09. The van der Waals surface area contributed by atoms with E-state index in [-0.39, 0.29) is 0 Å². The predicted molar refractivity (Wildman–Crippen MR) is 72.5 cm³/mol. The summed E-state index contributed by atoms with van der Waals surface area (Å²) in [5, 5.41) is 3.29. The molecule has 1 aromatic carbocycles. The fourth-order valence-corrected chi connectivity index (χ4v) is 3.08. The van der Waals surface area contributed by atoms with Crippen LogP contribution in [0.2, 0.25) is 0 Å². The molecule has 0 fully saturated rings. The molecule has 88 valence electrons. The Balaban J connectivity index is 1.84. The number of nitrogens with zero attached hydrogens (tertiary/aromatic N) is 2. The molecular weight excluding hydrogens is 230 g/mol. The van der Waals surface area contributed by atoms with Gasteiger partial charge >= 0.3 is 0 Å². The van der Waals surface area contributed by atoms with Crippen LogP contribution in [-0.2, 0) is 13.0 Å². The summed E-state index contributed by atoms with van der Waals surface area (Å²) in [6.45, 7) is 4.02. The Kier molecular flexibility index (Phi) is 2.52. The van der Waals surface area contributed by atoms with E-state index in [1.807, 2.05) is 13.0 Å². The number of nitrogens with two attached hydrogens (primary N) is 1. The van der Waals surface area contributed by atoms with Gasteiger partial charge in [0.25, 0.3) is 0 Å². The lowest BCUT2D eigenvalue weighted by Gasteiger charge is -2.17. The van der Waals surface area contributed by atoms with Gasteiger partial charge in [-0.1, -0.05) is 0 Å². The topological polar surface area (TPSA) is 42.1 Å². The fourth-order valence-electron chi connectivity index (χ4n) is 2.29. The van der Waals surface area contributed by atoms with Crippen LogP contribution < -0.4 is 10.6 Å². The molecule has 0 saturated carbocycles. The Hall–Kier alpha value is -1.55. The lowest BCUT2D eigenvalue weighted by Crippen LogP contribution is -2.19. The van der Waals surface area contributed by atoms with E-state index in [1.54, 1.807) is 11.3 Å². The van der Waals surface area contributed by atoms with Gasteiger partial charge in [0.1, 0.15) is 5.01 Å². The van der Waals surface area contributed by atoms with E-state index in [2.05, 4.69) is 27.4 Å². The van der Waals surface area contributed by atoms with Crippen molar-refractivity contribution < 1.29 is 0 Å². The third kappa shape index (κ3) is 2.00. The van der Waals surface area contributed by atoms with Crippen molar-refractivity contribution in [3.8, 4) is 0 Å². The average molecular weight is 245 g/mol. The van der Waals surface area contributed by atoms with E-state index in [0.717, 1.165) is 30.9 Å². The minimum atomic E-state index is 0.857. The maximum absolute atomic E-state index is 5.80. The van der Waals surface area contributed by atoms with Gasteiger partial charge in [-0.3, -0.25) is 0 Å². The van der Waals surface area contributed by atoms with Gasteiger partial charge in [-0.15, -0.1) is 11.3 Å². The van der Waals surface area contributed by atoms with Gasteiger partial charge < -0.3 is 10.6 Å². The number of rotatable bonds is 2. The van der Waals surface area contributed by atoms with Crippen molar-refractivity contribution in [3.05, 3.63) is 39.8 Å². The molecule has 0 amide bonds. The Morgan fingerprint density at radius 3 is 3.12 bits per heavy atom. The van der Waals surface area contributed by atoms with E-state index in [9.17, 15) is 0 Å². The molecule has 0 atom stereocenters. The first-order valence-electron chi connectivity index (χ1n) is 5.77. The number of fused-ring (bicyclic) bond motifs is 1. The molecule has 1 aromatic heterocycles. The van der Waals surface area contributed by atoms with Gasteiger partial charge in [0, 0.05) is 29.0 Å². The summed E-state index contributed by atoms with van der Waals surface area (Å²) in [6.07, 6.45) is 1.09. The van der Waals surface area contributed by atoms with Gasteiger partial charge in [-0.2, -0.15) is 0 Å². The summed E-state index contributed by atoms with van der Waals surface area (Å²) in [6, 6.07) is 6.19. The van der Waals surface area contributed by atoms with Crippen molar-refractivity contribution in [2.75, 3.05) is 17.2 Å². The highest BCUT2D eigenvalue weighted by atomic mass is 32.1. The number of thiazole rings is 1. The summed E-state index contributed by atoms with van der Waals surface area (Å²) >= 11 is 1.74. The van der Waals surface area contributed by atoms with Gasteiger partial charge in [0.2, 0.25) is 0 Å². The van der Waals surface area contributed by atoms with Crippen LogP contribution in [-0.4, -0.2) is 11.5 Å². The van der Waals surface area contributed by atoms with Crippen molar-refractivity contribution in [2.45, 2.75) is 19.9 Å². The molecule has 0 radical (unpaired) electrons. The third-order valence-electron chi connectivity index (χ3n) is 3.09. The zero-order chi connectivity index (χ0) is 11.8. The molecule has 0 unspecified atom stereocenters. The average Bonchev–Trinajstić information content (AvgIpc) is 2.86. The van der Waals surface area contributed by atoms with E-state index in [1.165, 1.54) is 16.3 Å². The monoisotopic (exact) mass is 245 g/mol. The van der Waals surface area contributed by atoms with Crippen molar-refractivity contribution in [1.82, 2.24) is 4.98 Å². The highest BCUT2D eigenvalue weighted by Crippen LogP contribution is 2.31. The standard InChI is InChI=1S/C13H15N3S/c1-9-8-17-13(15-9)7-16-5-4-10-6-11(14)2-3-12(10)16/h2-3,6,8H,4-5,7,14H2,1H3. The number of nitrogen functional groups attached to an aromatic ring is 1. The maximum atomic E-state index is 5.80. The van der Waals surface area contributed by atoms with E-state index in [4.69, 9.17) is 5.73 Å². The molecule has 1 aliphatic rings. The molecule has 2 N–H and O–H groups in total. The van der Waals surface area contributed by atoms with E-state index < -0.39 is 0 Å². The molecule has 0 bridgehead atoms. The largest absolute Gasteiger partial charge is 0.399 e. The minimum absolute atomic E-state index is 0.857. The van der Waals surface area contributed by atoms with Crippen LogP contribution in [0.15, 0.2) is 23.6 Å². The Morgan fingerprint density at radius 2 is 2.35 bits per heavy atom. The van der Waals surface area contributed by atoms with Gasteiger partial charge in [-0.25, -0.2) is 4.98 Å². The SMILES string of the molecule is Cc1csc(CN2CCc3cc(N)ccc32)n1. The third-order valence-corrected chi connectivity index (χ3v) is 4.04. The van der Waals surface area contributed by atoms with Crippen molar-refractivity contribution in [1.29, 1.82) is 0 Å². The Bertz CT molecular complexity index is 547.